The van der Waals surface area contributed by atoms with Gasteiger partial charge in [-0.2, -0.15) is 13.2 Å². The molecule has 2 N–H and O–H groups in total. The predicted octanol–water partition coefficient (Wildman–Crippen LogP) is 5.30. The highest BCUT2D eigenvalue weighted by Crippen LogP contribution is 2.44. The van der Waals surface area contributed by atoms with Crippen LogP contribution in [0.15, 0.2) is 42.5 Å². The van der Waals surface area contributed by atoms with E-state index in [0.29, 0.717) is 12.1 Å². The largest absolute Gasteiger partial charge is 0.508 e. The number of amides is 1. The number of Topliss-reactive ketones (excluding diaryl/α,β-unsaturated/α-hetero) is 1. The van der Waals surface area contributed by atoms with E-state index >= 15 is 0 Å². The Morgan fingerprint density at radius 3 is 2.51 bits per heavy atom. The predicted molar refractivity (Wildman–Crippen MR) is 148 cm³/mol. The molecule has 0 aliphatic carbocycles. The van der Waals surface area contributed by atoms with Crippen LogP contribution in [0.2, 0.25) is 0 Å². The monoisotopic (exact) mass is 577 g/mol. The molecule has 0 saturated carbocycles. The van der Waals surface area contributed by atoms with Gasteiger partial charge < -0.3 is 20.2 Å². The number of ketones is 1. The van der Waals surface area contributed by atoms with Crippen molar-refractivity contribution in [2.75, 3.05) is 39.3 Å². The Kier molecular flexibility index (Phi) is 10.1. The minimum atomic E-state index is -4.56. The van der Waals surface area contributed by atoms with Gasteiger partial charge in [-0.05, 0) is 81.6 Å². The minimum Gasteiger partial charge on any atom is -0.508 e. The Labute approximate surface area is 238 Å². The molecule has 2 aliphatic rings. The Morgan fingerprint density at radius 1 is 1.07 bits per heavy atom. The number of nitrogens with one attached hydrogen (secondary N) is 1. The molecular weight excluding hydrogens is 538 g/mol. The van der Waals surface area contributed by atoms with Gasteiger partial charge in [0.2, 0.25) is 5.91 Å². The van der Waals surface area contributed by atoms with Gasteiger partial charge in [-0.1, -0.05) is 31.2 Å². The van der Waals surface area contributed by atoms with Gasteiger partial charge in [0.05, 0.1) is 5.92 Å². The van der Waals surface area contributed by atoms with Crippen molar-refractivity contribution >= 4 is 11.7 Å². The number of carbonyl (C=O) groups excluding carboxylic acids is 2. The van der Waals surface area contributed by atoms with Crippen molar-refractivity contribution in [3.8, 4) is 5.75 Å². The molecule has 6 nitrogen and oxygen atoms in total. The number of unbranched alkanes of at least 4 members (excludes halogenated alkanes) is 1. The quantitative estimate of drug-likeness (QED) is 0.228. The molecule has 0 bridgehead atoms. The Hall–Kier alpha value is -2.98. The Bertz CT molecular complexity index is 1220. The van der Waals surface area contributed by atoms with E-state index in [1.165, 1.54) is 24.3 Å². The number of aromatic hydroxyl groups is 1. The van der Waals surface area contributed by atoms with E-state index in [2.05, 4.69) is 5.32 Å². The van der Waals surface area contributed by atoms with Crippen molar-refractivity contribution in [2.45, 2.75) is 57.7 Å². The SMILES string of the molecule is CCNCCCCN1CC(C(=O)c2cccc(O)c2)C(c2cccc(F)c2C)C(C(=O)N2CCC[C@H]2C(F)(F)F)C1. The fourth-order valence-corrected chi connectivity index (χ4v) is 6.44. The van der Waals surface area contributed by atoms with Crippen LogP contribution in [0.4, 0.5) is 17.6 Å². The fraction of sp³-hybridized carbons (Fsp3) is 0.548. The van der Waals surface area contributed by atoms with E-state index in [-0.39, 0.29) is 55.1 Å². The van der Waals surface area contributed by atoms with Crippen LogP contribution in [0, 0.1) is 24.6 Å². The van der Waals surface area contributed by atoms with E-state index < -0.39 is 41.7 Å². The van der Waals surface area contributed by atoms with E-state index in [9.17, 15) is 32.3 Å². The number of nitrogens with zero attached hydrogens (tertiary/aromatic N) is 2. The fourth-order valence-electron chi connectivity index (χ4n) is 6.44. The second-order valence-corrected chi connectivity index (χ2v) is 11.2. The number of alkyl halides is 3. The van der Waals surface area contributed by atoms with Crippen LogP contribution < -0.4 is 5.32 Å². The molecule has 2 aromatic rings. The number of hydrogen-bond acceptors (Lipinski definition) is 5. The summed E-state index contributed by atoms with van der Waals surface area (Å²) in [4.78, 5) is 31.1. The van der Waals surface area contributed by atoms with Crippen molar-refractivity contribution in [3.05, 3.63) is 65.0 Å². The lowest BCUT2D eigenvalue weighted by Crippen LogP contribution is -2.55. The van der Waals surface area contributed by atoms with Gasteiger partial charge in [0.25, 0.3) is 0 Å². The highest BCUT2D eigenvalue weighted by molar-refractivity contribution is 5.99. The molecule has 2 aromatic carbocycles. The van der Waals surface area contributed by atoms with Crippen LogP contribution >= 0.6 is 0 Å². The molecule has 4 atom stereocenters. The van der Waals surface area contributed by atoms with Crippen molar-refractivity contribution < 1.29 is 32.3 Å². The average Bonchev–Trinajstić information content (AvgIpc) is 3.44. The third kappa shape index (κ3) is 7.09. The maximum Gasteiger partial charge on any atom is 0.408 e. The molecule has 0 radical (unpaired) electrons. The second-order valence-electron chi connectivity index (χ2n) is 11.2. The summed E-state index contributed by atoms with van der Waals surface area (Å²) in [6.07, 6.45) is -2.84. The first kappa shape index (κ1) is 31.0. The minimum absolute atomic E-state index is 0.0117. The zero-order valence-corrected chi connectivity index (χ0v) is 23.6. The van der Waals surface area contributed by atoms with Crippen LogP contribution in [0.3, 0.4) is 0 Å². The summed E-state index contributed by atoms with van der Waals surface area (Å²) in [6, 6.07) is 8.52. The number of carbonyl (C=O) groups is 2. The summed E-state index contributed by atoms with van der Waals surface area (Å²) in [7, 11) is 0. The van der Waals surface area contributed by atoms with Gasteiger partial charge in [-0.15, -0.1) is 0 Å². The average molecular weight is 578 g/mol. The second kappa shape index (κ2) is 13.3. The number of likely N-dealkylation sites (tertiary alicyclic amines) is 2. The number of rotatable bonds is 10. The number of phenolic OH excluding ortho intramolecular Hbond substituents is 1. The summed E-state index contributed by atoms with van der Waals surface area (Å²) in [5.74, 6) is -4.22. The van der Waals surface area contributed by atoms with Gasteiger partial charge in [-0.3, -0.25) is 9.59 Å². The van der Waals surface area contributed by atoms with Gasteiger partial charge in [0.15, 0.2) is 5.78 Å². The van der Waals surface area contributed by atoms with Crippen LogP contribution in [0.1, 0.15) is 60.0 Å². The van der Waals surface area contributed by atoms with Crippen LogP contribution in [0.5, 0.6) is 5.75 Å². The van der Waals surface area contributed by atoms with E-state index in [1.807, 2.05) is 11.8 Å². The topological polar surface area (TPSA) is 72.9 Å². The number of phenols is 1. The lowest BCUT2D eigenvalue weighted by molar-refractivity contribution is -0.185. The first-order valence-electron chi connectivity index (χ1n) is 14.4. The first-order valence-corrected chi connectivity index (χ1v) is 14.4. The summed E-state index contributed by atoms with van der Waals surface area (Å²) in [5, 5.41) is 13.3. The lowest BCUT2D eigenvalue weighted by Gasteiger charge is -2.45. The molecule has 10 heteroatoms. The summed E-state index contributed by atoms with van der Waals surface area (Å²) in [5.41, 5.74) is 0.969. The maximum absolute atomic E-state index is 14.9. The lowest BCUT2D eigenvalue weighted by atomic mass is 9.69. The van der Waals surface area contributed by atoms with Crippen LogP contribution in [-0.4, -0.2) is 78.1 Å². The normalized spacial score (nSPS) is 23.6. The Morgan fingerprint density at radius 2 is 1.80 bits per heavy atom. The molecule has 1 amide bonds. The highest BCUT2D eigenvalue weighted by Gasteiger charge is 2.52. The van der Waals surface area contributed by atoms with Crippen molar-refractivity contribution in [2.24, 2.45) is 11.8 Å². The molecule has 4 rings (SSSR count). The van der Waals surface area contributed by atoms with Crippen molar-refractivity contribution in [1.29, 1.82) is 0 Å². The third-order valence-electron chi connectivity index (χ3n) is 8.47. The highest BCUT2D eigenvalue weighted by atomic mass is 19.4. The molecule has 0 aromatic heterocycles. The molecule has 2 fully saturated rings. The summed E-state index contributed by atoms with van der Waals surface area (Å²) >= 11 is 0. The number of piperidine rings is 1. The molecular formula is C31H39F4N3O3. The molecule has 2 heterocycles. The molecule has 224 valence electrons. The molecule has 3 unspecified atom stereocenters. The standard InChI is InChI=1S/C31H39F4N3O3/c1-3-36-14-4-5-15-37-18-24(29(40)21-9-6-10-22(39)17-21)28(23-11-7-12-26(32)20(23)2)25(19-37)30(41)38-16-8-13-27(38)31(33,34)35/h6-7,9-12,17,24-25,27-28,36,39H,3-5,8,13-16,18-19H2,1-2H3/t24?,25?,27-,28?/m0/s1. The zero-order valence-electron chi connectivity index (χ0n) is 23.6. The summed E-state index contributed by atoms with van der Waals surface area (Å²) < 4.78 is 56.7. The van der Waals surface area contributed by atoms with Crippen LogP contribution in [-0.2, 0) is 4.79 Å². The van der Waals surface area contributed by atoms with Gasteiger partial charge in [0, 0.05) is 37.0 Å². The Balaban J connectivity index is 1.76. The van der Waals surface area contributed by atoms with E-state index in [4.69, 9.17) is 0 Å². The van der Waals surface area contributed by atoms with Gasteiger partial charge in [0.1, 0.15) is 17.6 Å². The van der Waals surface area contributed by atoms with Crippen LogP contribution in [0.25, 0.3) is 0 Å². The third-order valence-corrected chi connectivity index (χ3v) is 8.47. The van der Waals surface area contributed by atoms with Crippen molar-refractivity contribution in [1.82, 2.24) is 15.1 Å². The van der Waals surface area contributed by atoms with E-state index in [1.54, 1.807) is 25.1 Å². The molecule has 0 spiro atoms. The molecule has 2 saturated heterocycles. The van der Waals surface area contributed by atoms with Crippen molar-refractivity contribution in [3.63, 3.8) is 0 Å². The number of hydrogen-bond donors (Lipinski definition) is 2. The smallest absolute Gasteiger partial charge is 0.408 e. The molecule has 2 aliphatic heterocycles. The summed E-state index contributed by atoms with van der Waals surface area (Å²) in [6.45, 7) is 6.23. The van der Waals surface area contributed by atoms with Gasteiger partial charge >= 0.3 is 6.18 Å². The zero-order chi connectivity index (χ0) is 29.7. The maximum atomic E-state index is 14.9. The first-order chi connectivity index (χ1) is 19.5. The van der Waals surface area contributed by atoms with Gasteiger partial charge in [-0.25, -0.2) is 4.39 Å². The number of halogens is 4. The molecule has 41 heavy (non-hydrogen) atoms. The number of benzene rings is 2. The van der Waals surface area contributed by atoms with E-state index in [0.717, 1.165) is 30.8 Å².